The second-order valence-electron chi connectivity index (χ2n) is 8.90. The van der Waals surface area contributed by atoms with Crippen molar-refractivity contribution in [3.05, 3.63) is 29.8 Å². The van der Waals surface area contributed by atoms with Crippen LogP contribution in [0.5, 0.6) is 5.75 Å². The van der Waals surface area contributed by atoms with Gasteiger partial charge in [-0.2, -0.15) is 0 Å². The molecule has 0 aliphatic carbocycles. The number of rotatable bonds is 6. The molecule has 1 aromatic carbocycles. The van der Waals surface area contributed by atoms with Crippen molar-refractivity contribution in [2.75, 3.05) is 0 Å². The van der Waals surface area contributed by atoms with Crippen molar-refractivity contribution in [2.24, 2.45) is 0 Å². The summed E-state index contributed by atoms with van der Waals surface area (Å²) in [5, 5.41) is 9.76. The molecule has 1 atom stereocenters. The van der Waals surface area contributed by atoms with Crippen molar-refractivity contribution >= 4 is 21.0 Å². The van der Waals surface area contributed by atoms with Crippen LogP contribution in [-0.2, 0) is 16.0 Å². The molecule has 1 amide bonds. The average molecular weight is 396 g/mol. The highest BCUT2D eigenvalue weighted by Gasteiger charge is 2.35. The summed E-state index contributed by atoms with van der Waals surface area (Å²) in [5.41, 5.74) is -0.151. The van der Waals surface area contributed by atoms with Crippen molar-refractivity contribution < 1.29 is 24.2 Å². The summed E-state index contributed by atoms with van der Waals surface area (Å²) in [6.07, 6.45) is -0.348. The van der Waals surface area contributed by atoms with Crippen LogP contribution in [0.1, 0.15) is 47.1 Å². The van der Waals surface area contributed by atoms with Gasteiger partial charge in [-0.1, -0.05) is 25.2 Å². The molecule has 0 bridgehead atoms. The molecule has 1 rings (SSSR count). The number of ether oxygens (including phenoxy) is 2. The molecule has 0 fully saturated rings. The van der Waals surface area contributed by atoms with E-state index in [9.17, 15) is 14.7 Å². The van der Waals surface area contributed by atoms with Crippen LogP contribution in [0.4, 0.5) is 4.79 Å². The van der Waals surface area contributed by atoms with Gasteiger partial charge in [0.1, 0.15) is 32.0 Å². The van der Waals surface area contributed by atoms with E-state index < -0.39 is 32.7 Å². The number of benzene rings is 1. The Morgan fingerprint density at radius 3 is 1.93 bits per heavy atom. The highest BCUT2D eigenvalue weighted by Crippen LogP contribution is 2.21. The molecular weight excluding hydrogens is 362 g/mol. The molecule has 0 aliphatic heterocycles. The number of carbonyl (C=O) groups is 2. The molecule has 6 nitrogen and oxygen atoms in total. The lowest BCUT2D eigenvalue weighted by Crippen LogP contribution is -2.53. The van der Waals surface area contributed by atoms with Crippen LogP contribution in [0.3, 0.4) is 0 Å². The third kappa shape index (κ3) is 8.03. The number of nitrogens with zero attached hydrogens (tertiary/aromatic N) is 1. The summed E-state index contributed by atoms with van der Waals surface area (Å²) in [4.78, 5) is 24.5. The Labute approximate surface area is 164 Å². The smallest absolute Gasteiger partial charge is 0.402 e. The zero-order chi connectivity index (χ0) is 21.0. The van der Waals surface area contributed by atoms with E-state index in [4.69, 9.17) is 9.47 Å². The second kappa shape index (κ2) is 8.78. The fraction of sp³-hybridized carbons (Fsp3) is 0.600. The number of carbonyl (C=O) groups excluding carboxylic acids is 1. The first-order valence-corrected chi connectivity index (χ1v) is 12.0. The first kappa shape index (κ1) is 23.0. The maximum atomic E-state index is 12.6. The third-order valence-corrected chi connectivity index (χ3v) is 5.24. The lowest BCUT2D eigenvalue weighted by molar-refractivity contribution is -0.141. The molecule has 0 saturated carbocycles. The van der Waals surface area contributed by atoms with Gasteiger partial charge < -0.3 is 19.1 Å². The largest absolute Gasteiger partial charge is 0.488 e. The molecule has 0 spiro atoms. The molecule has 0 unspecified atom stereocenters. The SMILES string of the molecule is C[SiH](C)N(C(=O)OC(C)(C)C)[C@@H](Cc1ccc(OC(C)(C)C)cc1)C(=O)O. The van der Waals surface area contributed by atoms with Crippen molar-refractivity contribution in [3.8, 4) is 5.75 Å². The molecule has 0 aromatic heterocycles. The number of hydrogen-bond acceptors (Lipinski definition) is 4. The third-order valence-electron chi connectivity index (χ3n) is 3.56. The Morgan fingerprint density at radius 1 is 1.04 bits per heavy atom. The number of carboxylic acids is 1. The van der Waals surface area contributed by atoms with E-state index in [2.05, 4.69) is 0 Å². The standard InChI is InChI=1S/C20H33NO5Si/c1-19(2,3)25-15-11-9-14(10-12-15)13-16(17(22)23)21(27(7)8)18(24)26-20(4,5)6/h9-12,16,27H,13H2,1-8H3,(H,22,23)/t16-/m0/s1. The molecule has 0 radical (unpaired) electrons. The number of amides is 1. The van der Waals surface area contributed by atoms with Gasteiger partial charge in [0.05, 0.1) is 0 Å². The molecule has 152 valence electrons. The van der Waals surface area contributed by atoms with Crippen LogP contribution in [0, 0.1) is 0 Å². The summed E-state index contributed by atoms with van der Waals surface area (Å²) in [6.45, 7) is 15.0. The highest BCUT2D eigenvalue weighted by molar-refractivity contribution is 6.55. The van der Waals surface area contributed by atoms with E-state index in [1.54, 1.807) is 20.8 Å². The molecule has 27 heavy (non-hydrogen) atoms. The zero-order valence-electron chi connectivity index (χ0n) is 17.7. The quantitative estimate of drug-likeness (QED) is 0.735. The van der Waals surface area contributed by atoms with E-state index in [0.717, 1.165) is 11.3 Å². The van der Waals surface area contributed by atoms with E-state index in [0.29, 0.717) is 0 Å². The summed E-state index contributed by atoms with van der Waals surface area (Å²) in [5.74, 6) is -0.308. The van der Waals surface area contributed by atoms with Gasteiger partial charge in [-0.3, -0.25) is 4.79 Å². The Hall–Kier alpha value is -2.02. The van der Waals surface area contributed by atoms with Gasteiger partial charge in [-0.05, 0) is 59.2 Å². The van der Waals surface area contributed by atoms with Gasteiger partial charge in [0.15, 0.2) is 0 Å². The maximum absolute atomic E-state index is 12.6. The molecule has 1 aromatic rings. The minimum atomic E-state index is -1.77. The van der Waals surface area contributed by atoms with Gasteiger partial charge in [-0.15, -0.1) is 0 Å². The van der Waals surface area contributed by atoms with Crippen LogP contribution in [0.15, 0.2) is 24.3 Å². The van der Waals surface area contributed by atoms with Gasteiger partial charge in [0, 0.05) is 6.42 Å². The molecule has 0 saturated heterocycles. The molecule has 7 heteroatoms. The number of aliphatic carboxylic acids is 1. The van der Waals surface area contributed by atoms with Gasteiger partial charge in [0.2, 0.25) is 0 Å². The topological polar surface area (TPSA) is 76.1 Å². The van der Waals surface area contributed by atoms with Crippen LogP contribution < -0.4 is 4.74 Å². The second-order valence-corrected chi connectivity index (χ2v) is 11.6. The minimum absolute atomic E-state index is 0.218. The normalized spacial score (nSPS) is 13.2. The van der Waals surface area contributed by atoms with Gasteiger partial charge in [0.25, 0.3) is 0 Å². The van der Waals surface area contributed by atoms with E-state index >= 15 is 0 Å². The van der Waals surface area contributed by atoms with Crippen LogP contribution in [0.25, 0.3) is 0 Å². The summed E-state index contributed by atoms with van der Waals surface area (Å²) >= 11 is 0. The minimum Gasteiger partial charge on any atom is -0.488 e. The maximum Gasteiger partial charge on any atom is 0.402 e. The number of hydrogen-bond donors (Lipinski definition) is 1. The van der Waals surface area contributed by atoms with Gasteiger partial charge >= 0.3 is 12.1 Å². The summed E-state index contributed by atoms with van der Waals surface area (Å²) in [7, 11) is -1.77. The number of carboxylic acid groups (broad SMARTS) is 1. The van der Waals surface area contributed by atoms with Crippen LogP contribution >= 0.6 is 0 Å². The molecule has 0 aliphatic rings. The lowest BCUT2D eigenvalue weighted by Gasteiger charge is -2.34. The van der Waals surface area contributed by atoms with E-state index in [1.165, 1.54) is 4.57 Å². The molecular formula is C20H33NO5Si. The fourth-order valence-electron chi connectivity index (χ4n) is 2.59. The monoisotopic (exact) mass is 395 g/mol. The molecule has 0 heterocycles. The van der Waals surface area contributed by atoms with Crippen LogP contribution in [0.2, 0.25) is 13.1 Å². The van der Waals surface area contributed by atoms with Crippen molar-refractivity contribution in [3.63, 3.8) is 0 Å². The van der Waals surface area contributed by atoms with Crippen LogP contribution in [-0.4, -0.2) is 47.9 Å². The Kier molecular flexibility index (Phi) is 7.48. The van der Waals surface area contributed by atoms with Crippen molar-refractivity contribution in [2.45, 2.75) is 78.3 Å². The van der Waals surface area contributed by atoms with Crippen molar-refractivity contribution in [1.29, 1.82) is 0 Å². The predicted octanol–water partition coefficient (Wildman–Crippen LogP) is 4.08. The first-order valence-electron chi connectivity index (χ1n) is 9.21. The zero-order valence-corrected chi connectivity index (χ0v) is 18.9. The van der Waals surface area contributed by atoms with E-state index in [-0.39, 0.29) is 12.0 Å². The average Bonchev–Trinajstić information content (AvgIpc) is 2.44. The summed E-state index contributed by atoms with van der Waals surface area (Å²) < 4.78 is 12.7. The first-order chi connectivity index (χ1) is 12.2. The molecule has 1 N–H and O–H groups in total. The fourth-order valence-corrected chi connectivity index (χ4v) is 4.01. The highest BCUT2D eigenvalue weighted by atomic mass is 28.3. The van der Waals surface area contributed by atoms with Gasteiger partial charge in [-0.25, -0.2) is 4.79 Å². The Balaban J connectivity index is 3.02. The predicted molar refractivity (Wildman–Crippen MR) is 109 cm³/mol. The van der Waals surface area contributed by atoms with E-state index in [1.807, 2.05) is 58.1 Å². The summed E-state index contributed by atoms with van der Waals surface area (Å²) in [6, 6.07) is 6.37. The lowest BCUT2D eigenvalue weighted by atomic mass is 10.1. The Bertz CT molecular complexity index is 644. The van der Waals surface area contributed by atoms with Crippen molar-refractivity contribution in [1.82, 2.24) is 4.57 Å². The Morgan fingerprint density at radius 2 is 1.56 bits per heavy atom.